The molecule has 4 nitrogen and oxygen atoms in total. The molecule has 1 aromatic heterocycles. The van der Waals surface area contributed by atoms with Gasteiger partial charge in [0.25, 0.3) is 0 Å². The van der Waals surface area contributed by atoms with Gasteiger partial charge in [-0.15, -0.1) is 0 Å². The molecule has 1 heterocycles. The Kier molecular flexibility index (Phi) is 4.94. The topological polar surface area (TPSA) is 68.7 Å². The maximum Gasteiger partial charge on any atom is 0.221 e. The molecular weight excluding hydrogens is 343 g/mol. The second kappa shape index (κ2) is 7.31. The summed E-state index contributed by atoms with van der Waals surface area (Å²) in [5.74, 6) is -2.24. The molecule has 2 N–H and O–H groups in total. The van der Waals surface area contributed by atoms with Crippen LogP contribution in [0.2, 0.25) is 0 Å². The van der Waals surface area contributed by atoms with Crippen LogP contribution in [0.15, 0.2) is 36.4 Å². The van der Waals surface area contributed by atoms with Crippen molar-refractivity contribution in [1.29, 1.82) is 5.26 Å². The van der Waals surface area contributed by atoms with Crippen molar-refractivity contribution in [2.24, 2.45) is 0 Å². The van der Waals surface area contributed by atoms with Gasteiger partial charge in [0.1, 0.15) is 24.0 Å². The average molecular weight is 357 g/mol. The van der Waals surface area contributed by atoms with Gasteiger partial charge in [0.2, 0.25) is 5.91 Å². The van der Waals surface area contributed by atoms with E-state index in [-0.39, 0.29) is 30.8 Å². The minimum absolute atomic E-state index is 0.0426. The predicted molar refractivity (Wildman–Crippen MR) is 90.6 cm³/mol. The number of hydrogen-bond acceptors (Lipinski definition) is 2. The lowest BCUT2D eigenvalue weighted by Gasteiger charge is -2.06. The molecule has 1 amide bonds. The van der Waals surface area contributed by atoms with Crippen molar-refractivity contribution in [3.05, 3.63) is 59.4 Å². The number of aromatic nitrogens is 1. The van der Waals surface area contributed by atoms with E-state index in [2.05, 4.69) is 10.3 Å². The number of aromatic amines is 1. The summed E-state index contributed by atoms with van der Waals surface area (Å²) in [5, 5.41) is 11.3. The summed E-state index contributed by atoms with van der Waals surface area (Å²) in [6.45, 7) is -0.110. The first-order chi connectivity index (χ1) is 12.5. The fraction of sp³-hybridized carbons (Fsp3) is 0.158. The molecule has 132 valence electrons. The van der Waals surface area contributed by atoms with Gasteiger partial charge in [-0.1, -0.05) is 0 Å². The number of nitrogens with zero attached hydrogens (tertiary/aromatic N) is 1. The fourth-order valence-corrected chi connectivity index (χ4v) is 2.86. The van der Waals surface area contributed by atoms with E-state index in [9.17, 15) is 18.0 Å². The minimum Gasteiger partial charge on any atom is -0.352 e. The molecule has 2 aromatic carbocycles. The molecule has 3 aromatic rings. The molecule has 0 saturated carbocycles. The molecule has 0 fully saturated rings. The Balaban J connectivity index is 2.05. The van der Waals surface area contributed by atoms with Gasteiger partial charge in [-0.05, 0) is 47.9 Å². The van der Waals surface area contributed by atoms with Crippen LogP contribution in [0.25, 0.3) is 22.2 Å². The number of amides is 1. The molecule has 26 heavy (non-hydrogen) atoms. The number of fused-ring (bicyclic) bond motifs is 1. The lowest BCUT2D eigenvalue weighted by atomic mass is 10.0. The van der Waals surface area contributed by atoms with E-state index in [0.29, 0.717) is 22.2 Å². The van der Waals surface area contributed by atoms with Crippen molar-refractivity contribution in [3.8, 4) is 17.3 Å². The van der Waals surface area contributed by atoms with Crippen molar-refractivity contribution in [2.75, 3.05) is 6.54 Å². The number of H-pyrrole nitrogens is 1. The predicted octanol–water partition coefficient (Wildman–Crippen LogP) is 3.82. The molecule has 7 heteroatoms. The zero-order valence-corrected chi connectivity index (χ0v) is 13.6. The van der Waals surface area contributed by atoms with E-state index in [0.717, 1.165) is 6.07 Å². The first-order valence-electron chi connectivity index (χ1n) is 7.88. The van der Waals surface area contributed by atoms with Crippen LogP contribution in [0.1, 0.15) is 12.0 Å². The van der Waals surface area contributed by atoms with Gasteiger partial charge in [-0.25, -0.2) is 13.2 Å². The van der Waals surface area contributed by atoms with Crippen molar-refractivity contribution in [2.45, 2.75) is 12.8 Å². The normalized spacial score (nSPS) is 10.7. The summed E-state index contributed by atoms with van der Waals surface area (Å²) >= 11 is 0. The number of nitrogens with one attached hydrogen (secondary N) is 2. The Morgan fingerprint density at radius 2 is 1.85 bits per heavy atom. The quantitative estimate of drug-likeness (QED) is 0.682. The molecule has 0 aliphatic rings. The molecule has 0 bridgehead atoms. The summed E-state index contributed by atoms with van der Waals surface area (Å²) in [6.07, 6.45) is 0.244. The number of carbonyl (C=O) groups excluding carboxylic acids is 1. The third-order valence-corrected chi connectivity index (χ3v) is 4.03. The van der Waals surface area contributed by atoms with E-state index in [1.165, 1.54) is 30.3 Å². The number of nitriles is 1. The van der Waals surface area contributed by atoms with Crippen LogP contribution in [-0.2, 0) is 11.2 Å². The number of aryl methyl sites for hydroxylation is 1. The summed E-state index contributed by atoms with van der Waals surface area (Å²) in [7, 11) is 0. The number of carbonyl (C=O) groups is 1. The largest absolute Gasteiger partial charge is 0.352 e. The van der Waals surface area contributed by atoms with E-state index < -0.39 is 17.5 Å². The van der Waals surface area contributed by atoms with Crippen LogP contribution in [0.4, 0.5) is 13.2 Å². The van der Waals surface area contributed by atoms with Gasteiger partial charge < -0.3 is 10.3 Å². The third kappa shape index (κ3) is 3.54. The lowest BCUT2D eigenvalue weighted by molar-refractivity contribution is -0.120. The van der Waals surface area contributed by atoms with Gasteiger partial charge in [0, 0.05) is 23.6 Å². The Morgan fingerprint density at radius 3 is 2.54 bits per heavy atom. The minimum atomic E-state index is -0.747. The highest BCUT2D eigenvalue weighted by Crippen LogP contribution is 2.33. The van der Waals surface area contributed by atoms with Crippen LogP contribution >= 0.6 is 0 Å². The van der Waals surface area contributed by atoms with Crippen LogP contribution in [-0.4, -0.2) is 17.4 Å². The lowest BCUT2D eigenvalue weighted by Crippen LogP contribution is -2.23. The standard InChI is InChI=1S/C19H14F3N3O/c20-12-3-1-11(2-4-12)18-14(5-6-17(26)24-8-7-23)15-9-13(21)10-16(22)19(15)25-18/h1-4,9-10,25H,5-6,8H2,(H,24,26). The second-order valence-electron chi connectivity index (χ2n) is 5.73. The molecule has 0 unspecified atom stereocenters. The van der Waals surface area contributed by atoms with Crippen molar-refractivity contribution in [3.63, 3.8) is 0 Å². The Labute approximate surface area is 147 Å². The fourth-order valence-electron chi connectivity index (χ4n) is 2.86. The van der Waals surface area contributed by atoms with E-state index >= 15 is 0 Å². The molecule has 0 aliphatic heterocycles. The summed E-state index contributed by atoms with van der Waals surface area (Å²) in [5.41, 5.74) is 1.77. The molecule has 0 saturated heterocycles. The second-order valence-corrected chi connectivity index (χ2v) is 5.73. The van der Waals surface area contributed by atoms with Crippen LogP contribution in [0.3, 0.4) is 0 Å². The molecule has 0 spiro atoms. The highest BCUT2D eigenvalue weighted by molar-refractivity contribution is 5.92. The summed E-state index contributed by atoms with van der Waals surface area (Å²) in [6, 6.07) is 9.35. The van der Waals surface area contributed by atoms with Gasteiger partial charge in [-0.3, -0.25) is 4.79 Å². The number of halogens is 3. The highest BCUT2D eigenvalue weighted by Gasteiger charge is 2.18. The van der Waals surface area contributed by atoms with Crippen molar-refractivity contribution in [1.82, 2.24) is 10.3 Å². The number of benzene rings is 2. The Morgan fingerprint density at radius 1 is 1.12 bits per heavy atom. The zero-order valence-electron chi connectivity index (χ0n) is 13.6. The van der Waals surface area contributed by atoms with E-state index in [1.807, 2.05) is 0 Å². The van der Waals surface area contributed by atoms with Gasteiger partial charge >= 0.3 is 0 Å². The first kappa shape index (κ1) is 17.5. The Bertz CT molecular complexity index is 1000. The zero-order chi connectivity index (χ0) is 18.7. The third-order valence-electron chi connectivity index (χ3n) is 4.03. The molecule has 3 rings (SSSR count). The molecule has 0 radical (unpaired) electrons. The SMILES string of the molecule is N#CCNC(=O)CCc1c(-c2ccc(F)cc2)[nH]c2c(F)cc(F)cc12. The smallest absolute Gasteiger partial charge is 0.221 e. The van der Waals surface area contributed by atoms with Gasteiger partial charge in [0.15, 0.2) is 0 Å². The molecule has 0 atom stereocenters. The van der Waals surface area contributed by atoms with Gasteiger partial charge in [-0.2, -0.15) is 5.26 Å². The maximum atomic E-state index is 14.1. The monoisotopic (exact) mass is 357 g/mol. The van der Waals surface area contributed by atoms with Crippen LogP contribution < -0.4 is 5.32 Å². The summed E-state index contributed by atoms with van der Waals surface area (Å²) in [4.78, 5) is 14.7. The summed E-state index contributed by atoms with van der Waals surface area (Å²) < 4.78 is 41.0. The Hall–Kier alpha value is -3.27. The first-order valence-corrected chi connectivity index (χ1v) is 7.88. The van der Waals surface area contributed by atoms with Gasteiger partial charge in [0.05, 0.1) is 11.6 Å². The maximum absolute atomic E-state index is 14.1. The van der Waals surface area contributed by atoms with Crippen molar-refractivity contribution < 1.29 is 18.0 Å². The van der Waals surface area contributed by atoms with E-state index in [1.54, 1.807) is 6.07 Å². The van der Waals surface area contributed by atoms with Crippen LogP contribution in [0, 0.1) is 28.8 Å². The average Bonchev–Trinajstić information content (AvgIpc) is 2.97. The number of rotatable bonds is 5. The van der Waals surface area contributed by atoms with Crippen molar-refractivity contribution >= 4 is 16.8 Å². The van der Waals surface area contributed by atoms with Crippen LogP contribution in [0.5, 0.6) is 0 Å². The molecular formula is C19H14F3N3O. The van der Waals surface area contributed by atoms with E-state index in [4.69, 9.17) is 5.26 Å². The highest BCUT2D eigenvalue weighted by atomic mass is 19.1. The molecule has 0 aliphatic carbocycles. The number of hydrogen-bond donors (Lipinski definition) is 2.